The molecule has 2 N–H and O–H groups in total. The fraction of sp³-hybridized carbons (Fsp3) is 0.312. The maximum atomic E-state index is 5.68. The molecule has 19 heavy (non-hydrogen) atoms. The number of hydrogen-bond acceptors (Lipinski definition) is 3. The molecule has 1 aromatic heterocycles. The Hall–Kier alpha value is -1.87. The van der Waals surface area contributed by atoms with Gasteiger partial charge in [-0.3, -0.25) is 0 Å². The fourth-order valence-electron chi connectivity index (χ4n) is 2.03. The van der Waals surface area contributed by atoms with Crippen LogP contribution in [0.5, 0.6) is 0 Å². The normalized spacial score (nSPS) is 10.4. The molecule has 0 saturated heterocycles. The number of para-hydroxylation sites is 1. The molecule has 0 aliphatic carbocycles. The van der Waals surface area contributed by atoms with E-state index >= 15 is 0 Å². The molecular formula is C16H21N3. The summed E-state index contributed by atoms with van der Waals surface area (Å²) in [6.45, 7) is 3.65. The van der Waals surface area contributed by atoms with E-state index in [1.54, 1.807) is 0 Å². The Morgan fingerprint density at radius 3 is 2.53 bits per heavy atom. The Balaban J connectivity index is 2.31. The number of nitrogens with two attached hydrogens (primary N) is 1. The number of hydrogen-bond donors (Lipinski definition) is 1. The van der Waals surface area contributed by atoms with Crippen LogP contribution in [-0.4, -0.2) is 11.5 Å². The van der Waals surface area contributed by atoms with E-state index in [9.17, 15) is 0 Å². The molecule has 0 spiro atoms. The smallest absolute Gasteiger partial charge is 0.133 e. The van der Waals surface area contributed by atoms with Gasteiger partial charge in [0.25, 0.3) is 0 Å². The van der Waals surface area contributed by atoms with Gasteiger partial charge in [-0.2, -0.15) is 0 Å². The van der Waals surface area contributed by atoms with E-state index in [1.165, 1.54) is 12.1 Å². The zero-order valence-electron chi connectivity index (χ0n) is 11.4. The van der Waals surface area contributed by atoms with E-state index in [0.29, 0.717) is 6.54 Å². The van der Waals surface area contributed by atoms with Gasteiger partial charge in [-0.1, -0.05) is 37.6 Å². The summed E-state index contributed by atoms with van der Waals surface area (Å²) in [6.07, 6.45) is 2.31. The number of nitrogens with zero attached hydrogens (tertiary/aromatic N) is 2. The monoisotopic (exact) mass is 255 g/mol. The molecule has 0 saturated carbocycles. The molecule has 0 atom stereocenters. The third kappa shape index (κ3) is 3.55. The summed E-state index contributed by atoms with van der Waals surface area (Å²) < 4.78 is 0. The Kier molecular flexibility index (Phi) is 4.93. The van der Waals surface area contributed by atoms with Crippen molar-refractivity contribution >= 4 is 11.5 Å². The molecule has 3 nitrogen and oxygen atoms in total. The summed E-state index contributed by atoms with van der Waals surface area (Å²) in [7, 11) is 0. The Morgan fingerprint density at radius 1 is 1.05 bits per heavy atom. The van der Waals surface area contributed by atoms with Crippen LogP contribution in [-0.2, 0) is 6.54 Å². The molecule has 3 heteroatoms. The highest BCUT2D eigenvalue weighted by molar-refractivity contribution is 5.59. The van der Waals surface area contributed by atoms with Crippen molar-refractivity contribution in [2.45, 2.75) is 26.3 Å². The molecular weight excluding hydrogens is 234 g/mol. The molecule has 2 aromatic rings. The average Bonchev–Trinajstić information content (AvgIpc) is 2.49. The van der Waals surface area contributed by atoms with Crippen LogP contribution in [0, 0.1) is 0 Å². The van der Waals surface area contributed by atoms with Gasteiger partial charge in [-0.25, -0.2) is 4.98 Å². The van der Waals surface area contributed by atoms with Crippen molar-refractivity contribution in [3.8, 4) is 0 Å². The van der Waals surface area contributed by atoms with E-state index in [0.717, 1.165) is 24.5 Å². The van der Waals surface area contributed by atoms with Crippen LogP contribution in [0.25, 0.3) is 0 Å². The highest BCUT2D eigenvalue weighted by atomic mass is 15.2. The molecule has 0 fully saturated rings. The number of rotatable bonds is 6. The standard InChI is InChI=1S/C16H21N3/c1-2-3-12-19(15-9-5-4-6-10-15)16-11-7-8-14(13-17)18-16/h4-11H,2-3,12-13,17H2,1H3. The van der Waals surface area contributed by atoms with Gasteiger partial charge in [-0.15, -0.1) is 0 Å². The van der Waals surface area contributed by atoms with Gasteiger partial charge < -0.3 is 10.6 Å². The quantitative estimate of drug-likeness (QED) is 0.859. The first-order valence-electron chi connectivity index (χ1n) is 6.83. The summed E-state index contributed by atoms with van der Waals surface area (Å²) in [6, 6.07) is 16.4. The lowest BCUT2D eigenvalue weighted by molar-refractivity contribution is 0.777. The number of aromatic nitrogens is 1. The van der Waals surface area contributed by atoms with Crippen molar-refractivity contribution in [2.24, 2.45) is 5.73 Å². The summed E-state index contributed by atoms with van der Waals surface area (Å²) in [5, 5.41) is 0. The van der Waals surface area contributed by atoms with Gasteiger partial charge in [0.05, 0.1) is 5.69 Å². The zero-order valence-corrected chi connectivity index (χ0v) is 11.4. The largest absolute Gasteiger partial charge is 0.326 e. The van der Waals surface area contributed by atoms with Crippen LogP contribution >= 0.6 is 0 Å². The van der Waals surface area contributed by atoms with Crippen LogP contribution in [0.15, 0.2) is 48.5 Å². The minimum Gasteiger partial charge on any atom is -0.326 e. The van der Waals surface area contributed by atoms with Crippen molar-refractivity contribution in [3.05, 3.63) is 54.2 Å². The minimum absolute atomic E-state index is 0.476. The number of benzene rings is 1. The van der Waals surface area contributed by atoms with Crippen molar-refractivity contribution in [1.29, 1.82) is 0 Å². The minimum atomic E-state index is 0.476. The van der Waals surface area contributed by atoms with Gasteiger partial charge in [0.2, 0.25) is 0 Å². The highest BCUT2D eigenvalue weighted by Crippen LogP contribution is 2.23. The van der Waals surface area contributed by atoms with Crippen LogP contribution in [0.1, 0.15) is 25.5 Å². The molecule has 0 amide bonds. The van der Waals surface area contributed by atoms with E-state index < -0.39 is 0 Å². The van der Waals surface area contributed by atoms with Crippen LogP contribution in [0.3, 0.4) is 0 Å². The number of unbranched alkanes of at least 4 members (excludes halogenated alkanes) is 1. The highest BCUT2D eigenvalue weighted by Gasteiger charge is 2.09. The van der Waals surface area contributed by atoms with E-state index in [1.807, 2.05) is 24.3 Å². The maximum absolute atomic E-state index is 5.68. The SMILES string of the molecule is CCCCN(c1ccccc1)c1cccc(CN)n1. The lowest BCUT2D eigenvalue weighted by Crippen LogP contribution is -2.20. The van der Waals surface area contributed by atoms with Crippen LogP contribution < -0.4 is 10.6 Å². The van der Waals surface area contributed by atoms with Crippen molar-refractivity contribution < 1.29 is 0 Å². The molecule has 0 bridgehead atoms. The molecule has 2 rings (SSSR count). The third-order valence-corrected chi connectivity index (χ3v) is 3.08. The van der Waals surface area contributed by atoms with Crippen molar-refractivity contribution in [2.75, 3.05) is 11.4 Å². The fourth-order valence-corrected chi connectivity index (χ4v) is 2.03. The molecule has 100 valence electrons. The predicted molar refractivity (Wildman–Crippen MR) is 80.5 cm³/mol. The lowest BCUT2D eigenvalue weighted by Gasteiger charge is -2.24. The van der Waals surface area contributed by atoms with Gasteiger partial charge in [0, 0.05) is 18.8 Å². The Labute approximate surface area is 115 Å². The van der Waals surface area contributed by atoms with Gasteiger partial charge in [0.1, 0.15) is 5.82 Å². The molecule has 1 aromatic carbocycles. The summed E-state index contributed by atoms with van der Waals surface area (Å²) in [5.41, 5.74) is 7.78. The van der Waals surface area contributed by atoms with Gasteiger partial charge in [0.15, 0.2) is 0 Å². The second kappa shape index (κ2) is 6.90. The van der Waals surface area contributed by atoms with Gasteiger partial charge >= 0.3 is 0 Å². The van der Waals surface area contributed by atoms with Crippen LogP contribution in [0.4, 0.5) is 11.5 Å². The van der Waals surface area contributed by atoms with Crippen molar-refractivity contribution in [1.82, 2.24) is 4.98 Å². The second-order valence-corrected chi connectivity index (χ2v) is 4.53. The predicted octanol–water partition coefficient (Wildman–Crippen LogP) is 3.48. The van der Waals surface area contributed by atoms with E-state index in [2.05, 4.69) is 41.1 Å². The summed E-state index contributed by atoms with van der Waals surface area (Å²) >= 11 is 0. The number of anilines is 2. The first-order valence-corrected chi connectivity index (χ1v) is 6.83. The third-order valence-electron chi connectivity index (χ3n) is 3.08. The average molecular weight is 255 g/mol. The molecule has 1 heterocycles. The molecule has 0 radical (unpaired) electrons. The molecule has 0 unspecified atom stereocenters. The second-order valence-electron chi connectivity index (χ2n) is 4.53. The Bertz CT molecular complexity index is 496. The topological polar surface area (TPSA) is 42.1 Å². The molecule has 0 aliphatic rings. The van der Waals surface area contributed by atoms with E-state index in [4.69, 9.17) is 5.73 Å². The zero-order chi connectivity index (χ0) is 13.5. The van der Waals surface area contributed by atoms with Crippen LogP contribution in [0.2, 0.25) is 0 Å². The molecule has 0 aliphatic heterocycles. The van der Waals surface area contributed by atoms with Crippen molar-refractivity contribution in [3.63, 3.8) is 0 Å². The van der Waals surface area contributed by atoms with E-state index in [-0.39, 0.29) is 0 Å². The number of pyridine rings is 1. The Morgan fingerprint density at radius 2 is 1.84 bits per heavy atom. The maximum Gasteiger partial charge on any atom is 0.133 e. The first kappa shape index (κ1) is 13.6. The lowest BCUT2D eigenvalue weighted by atomic mass is 10.2. The summed E-state index contributed by atoms with van der Waals surface area (Å²) in [5.74, 6) is 0.975. The van der Waals surface area contributed by atoms with Gasteiger partial charge in [-0.05, 0) is 30.7 Å². The first-order chi connectivity index (χ1) is 9.35. The summed E-state index contributed by atoms with van der Waals surface area (Å²) in [4.78, 5) is 6.87.